The summed E-state index contributed by atoms with van der Waals surface area (Å²) >= 11 is 23.2. The molecule has 0 bridgehead atoms. The van der Waals surface area contributed by atoms with Crippen molar-refractivity contribution < 1.29 is 35.5 Å². The first-order chi connectivity index (χ1) is 17.6. The van der Waals surface area contributed by atoms with Gasteiger partial charge in [0.05, 0.1) is 31.2 Å². The van der Waals surface area contributed by atoms with E-state index in [2.05, 4.69) is 10.4 Å². The molecular formula is C23H12Cl4F7N3O. The summed E-state index contributed by atoms with van der Waals surface area (Å²) in [5.41, 5.74) is 0.210. The maximum Gasteiger partial charge on any atom is 0.417 e. The summed E-state index contributed by atoms with van der Waals surface area (Å²) in [4.78, 5) is 16.2. The smallest absolute Gasteiger partial charge is 0.280 e. The van der Waals surface area contributed by atoms with Crippen molar-refractivity contribution in [1.82, 2.24) is 10.4 Å². The van der Waals surface area contributed by atoms with Gasteiger partial charge in [-0.15, -0.1) is 0 Å². The number of benzene rings is 2. The van der Waals surface area contributed by atoms with E-state index in [0.29, 0.717) is 6.07 Å². The fraction of sp³-hybridized carbons (Fsp3) is 0.130. The quantitative estimate of drug-likeness (QED) is 0.164. The number of nitrogens with zero attached hydrogens (tertiary/aromatic N) is 1. The van der Waals surface area contributed by atoms with Crippen molar-refractivity contribution in [3.05, 3.63) is 97.1 Å². The van der Waals surface area contributed by atoms with Gasteiger partial charge in [-0.25, -0.2) is 9.37 Å². The van der Waals surface area contributed by atoms with Crippen LogP contribution in [0.25, 0.3) is 5.83 Å². The van der Waals surface area contributed by atoms with Crippen LogP contribution in [0.15, 0.2) is 54.7 Å². The van der Waals surface area contributed by atoms with Crippen LogP contribution in [-0.4, -0.2) is 17.1 Å². The summed E-state index contributed by atoms with van der Waals surface area (Å²) in [6.07, 6.45) is -8.89. The van der Waals surface area contributed by atoms with Gasteiger partial charge >= 0.3 is 12.4 Å². The molecule has 1 atom stereocenters. The molecule has 0 aliphatic rings. The largest absolute Gasteiger partial charge is 0.417 e. The zero-order chi connectivity index (χ0) is 28.4. The SMILES string of the molecule is O=C(NNc1ncccc1Cl)c1ccc(/C(F)=C/C(c2cc(Cl)c(Cl)c(Cl)c2)C(F)(F)F)cc1C(F)(F)F. The Morgan fingerprint density at radius 1 is 0.921 bits per heavy atom. The molecule has 3 aromatic rings. The maximum absolute atomic E-state index is 15.0. The molecule has 4 nitrogen and oxygen atoms in total. The molecule has 1 heterocycles. The minimum atomic E-state index is -5.17. The molecule has 2 N–H and O–H groups in total. The number of hydrogen-bond acceptors (Lipinski definition) is 3. The highest BCUT2D eigenvalue weighted by molar-refractivity contribution is 6.48. The maximum atomic E-state index is 15.0. The molecule has 0 radical (unpaired) electrons. The lowest BCUT2D eigenvalue weighted by Crippen LogP contribution is -2.31. The standard InChI is InChI=1S/C23H12Cl4F7N3O/c24-15-2-1-5-35-20(15)36-37-21(38)12-4-3-10(6-14(12)23(32,33)34)18(28)9-13(22(29,30)31)11-7-16(25)19(27)17(26)8-11/h1-9,13H,(H,35,36)(H,37,38)/b18-9-. The first-order valence-corrected chi connectivity index (χ1v) is 11.6. The van der Waals surface area contributed by atoms with E-state index in [0.717, 1.165) is 18.2 Å². The molecule has 0 spiro atoms. The average Bonchev–Trinajstić information content (AvgIpc) is 2.83. The van der Waals surface area contributed by atoms with Crippen molar-refractivity contribution in [2.45, 2.75) is 18.3 Å². The molecule has 1 aromatic heterocycles. The van der Waals surface area contributed by atoms with Crippen LogP contribution in [0.2, 0.25) is 20.1 Å². The number of nitrogens with one attached hydrogen (secondary N) is 2. The van der Waals surface area contributed by atoms with Gasteiger partial charge in [-0.1, -0.05) is 52.5 Å². The van der Waals surface area contributed by atoms with Crippen LogP contribution in [0.5, 0.6) is 0 Å². The molecule has 0 fully saturated rings. The van der Waals surface area contributed by atoms with Crippen LogP contribution in [-0.2, 0) is 6.18 Å². The molecule has 0 aliphatic carbocycles. The number of pyridine rings is 1. The van der Waals surface area contributed by atoms with Crippen LogP contribution in [0.4, 0.5) is 36.6 Å². The number of hydrogen-bond donors (Lipinski definition) is 2. The van der Waals surface area contributed by atoms with Gasteiger partial charge in [-0.2, -0.15) is 26.3 Å². The number of carbonyl (C=O) groups is 1. The molecule has 1 unspecified atom stereocenters. The number of carbonyl (C=O) groups excluding carboxylic acids is 1. The summed E-state index contributed by atoms with van der Waals surface area (Å²) in [6.45, 7) is 0. The molecule has 15 heteroatoms. The Morgan fingerprint density at radius 2 is 1.55 bits per heavy atom. The van der Waals surface area contributed by atoms with E-state index in [-0.39, 0.29) is 38.1 Å². The van der Waals surface area contributed by atoms with Crippen LogP contribution in [0.3, 0.4) is 0 Å². The summed E-state index contributed by atoms with van der Waals surface area (Å²) in [5.74, 6) is -5.65. The number of halogens is 11. The Balaban J connectivity index is 1.99. The van der Waals surface area contributed by atoms with Gasteiger partial charge in [0.25, 0.3) is 5.91 Å². The van der Waals surface area contributed by atoms with E-state index < -0.39 is 52.3 Å². The number of anilines is 1. The van der Waals surface area contributed by atoms with Crippen molar-refractivity contribution in [1.29, 1.82) is 0 Å². The van der Waals surface area contributed by atoms with E-state index in [1.807, 2.05) is 5.43 Å². The van der Waals surface area contributed by atoms with Crippen molar-refractivity contribution in [3.8, 4) is 0 Å². The fourth-order valence-electron chi connectivity index (χ4n) is 3.16. The van der Waals surface area contributed by atoms with E-state index in [9.17, 15) is 35.5 Å². The molecule has 38 heavy (non-hydrogen) atoms. The summed E-state index contributed by atoms with van der Waals surface area (Å²) in [7, 11) is 0. The number of amides is 1. The second-order valence-electron chi connectivity index (χ2n) is 7.50. The van der Waals surface area contributed by atoms with Gasteiger partial charge in [0.15, 0.2) is 5.82 Å². The van der Waals surface area contributed by atoms with Crippen LogP contribution < -0.4 is 10.9 Å². The lowest BCUT2D eigenvalue weighted by Gasteiger charge is -2.19. The summed E-state index contributed by atoms with van der Waals surface area (Å²) in [6, 6.07) is 6.04. The molecule has 1 amide bonds. The van der Waals surface area contributed by atoms with Gasteiger partial charge in [0.2, 0.25) is 0 Å². The molecule has 0 saturated carbocycles. The van der Waals surface area contributed by atoms with E-state index >= 15 is 0 Å². The summed E-state index contributed by atoms with van der Waals surface area (Å²) < 4.78 is 97.4. The predicted molar refractivity (Wildman–Crippen MR) is 131 cm³/mol. The van der Waals surface area contributed by atoms with Gasteiger partial charge in [-0.3, -0.25) is 15.6 Å². The van der Waals surface area contributed by atoms with E-state index in [1.165, 1.54) is 18.3 Å². The second-order valence-corrected chi connectivity index (χ2v) is 9.10. The lowest BCUT2D eigenvalue weighted by atomic mass is 9.95. The number of hydrazine groups is 1. The number of alkyl halides is 6. The molecular weight excluding hydrogens is 609 g/mol. The van der Waals surface area contributed by atoms with E-state index in [4.69, 9.17) is 46.4 Å². The normalized spacial score (nSPS) is 13.3. The van der Waals surface area contributed by atoms with Crippen molar-refractivity contribution >= 4 is 64.0 Å². The second kappa shape index (κ2) is 11.6. The van der Waals surface area contributed by atoms with Crippen LogP contribution in [0.1, 0.15) is 33.0 Å². The van der Waals surface area contributed by atoms with Gasteiger partial charge in [0.1, 0.15) is 11.7 Å². The Morgan fingerprint density at radius 3 is 2.11 bits per heavy atom. The number of aromatic nitrogens is 1. The third kappa shape index (κ3) is 7.02. The Bertz CT molecular complexity index is 1370. The zero-order valence-corrected chi connectivity index (χ0v) is 21.3. The van der Waals surface area contributed by atoms with Crippen molar-refractivity contribution in [3.63, 3.8) is 0 Å². The monoisotopic (exact) mass is 619 g/mol. The Hall–Kier alpha value is -2.73. The molecule has 0 aliphatic heterocycles. The third-order valence-electron chi connectivity index (χ3n) is 4.93. The third-order valence-corrected chi connectivity index (χ3v) is 6.43. The minimum Gasteiger partial charge on any atom is -0.280 e. The average molecular weight is 621 g/mol. The summed E-state index contributed by atoms with van der Waals surface area (Å²) in [5, 5.41) is -0.861. The Labute approximate surface area is 230 Å². The van der Waals surface area contributed by atoms with Gasteiger partial charge < -0.3 is 0 Å². The van der Waals surface area contributed by atoms with Gasteiger partial charge in [-0.05, 0) is 48.0 Å². The first-order valence-electron chi connectivity index (χ1n) is 10.1. The van der Waals surface area contributed by atoms with Crippen molar-refractivity contribution in [2.24, 2.45) is 0 Å². The lowest BCUT2D eigenvalue weighted by molar-refractivity contribution is -0.140. The highest BCUT2D eigenvalue weighted by Gasteiger charge is 2.41. The number of allylic oxidation sites excluding steroid dienone is 1. The highest BCUT2D eigenvalue weighted by atomic mass is 35.5. The first kappa shape index (κ1) is 29.8. The Kier molecular flexibility index (Phi) is 9.08. The van der Waals surface area contributed by atoms with Crippen LogP contribution >= 0.6 is 46.4 Å². The highest BCUT2D eigenvalue weighted by Crippen LogP contribution is 2.42. The number of rotatable bonds is 6. The zero-order valence-electron chi connectivity index (χ0n) is 18.3. The molecule has 0 saturated heterocycles. The topological polar surface area (TPSA) is 54.0 Å². The minimum absolute atomic E-state index is 0.0499. The molecule has 202 valence electrons. The predicted octanol–water partition coefficient (Wildman–Crippen LogP) is 9.13. The van der Waals surface area contributed by atoms with Crippen LogP contribution in [0, 0.1) is 0 Å². The van der Waals surface area contributed by atoms with Gasteiger partial charge in [0, 0.05) is 11.8 Å². The van der Waals surface area contributed by atoms with E-state index in [1.54, 1.807) is 0 Å². The van der Waals surface area contributed by atoms with Crippen molar-refractivity contribution in [2.75, 3.05) is 5.43 Å². The fourth-order valence-corrected chi connectivity index (χ4v) is 3.95. The molecule has 3 rings (SSSR count). The molecule has 2 aromatic carbocycles.